The molecule has 0 spiro atoms. The maximum atomic E-state index is 5.83. The van der Waals surface area contributed by atoms with Crippen molar-refractivity contribution in [3.63, 3.8) is 0 Å². The lowest BCUT2D eigenvalue weighted by atomic mass is 9.96. The van der Waals surface area contributed by atoms with Crippen molar-refractivity contribution in [2.45, 2.75) is 32.3 Å². The molecule has 0 aromatic heterocycles. The Morgan fingerprint density at radius 1 is 1.38 bits per heavy atom. The van der Waals surface area contributed by atoms with E-state index in [-0.39, 0.29) is 10.6 Å². The van der Waals surface area contributed by atoms with E-state index in [0.717, 1.165) is 19.4 Å². The van der Waals surface area contributed by atoms with Gasteiger partial charge in [0.15, 0.2) is 0 Å². The predicted octanol–water partition coefficient (Wildman–Crippen LogP) is 4.08. The zero-order chi connectivity index (χ0) is 9.84. The van der Waals surface area contributed by atoms with Crippen LogP contribution in [0, 0.1) is 5.92 Å². The molecule has 13 heavy (non-hydrogen) atoms. The van der Waals surface area contributed by atoms with Gasteiger partial charge in [0.2, 0.25) is 0 Å². The van der Waals surface area contributed by atoms with E-state index in [0.29, 0.717) is 17.4 Å². The number of rotatable bonds is 2. The second kappa shape index (κ2) is 5.45. The summed E-state index contributed by atoms with van der Waals surface area (Å²) in [5.41, 5.74) is 0. The van der Waals surface area contributed by atoms with E-state index in [2.05, 4.69) is 6.92 Å². The number of hydrogen-bond acceptors (Lipinski definition) is 1. The maximum absolute atomic E-state index is 5.83. The van der Waals surface area contributed by atoms with E-state index < -0.39 is 0 Å². The molecule has 76 valence electrons. The average molecular weight is 244 g/mol. The third-order valence-electron chi connectivity index (χ3n) is 2.24. The molecule has 0 bridgehead atoms. The SMILES string of the molecule is CC1CCOC(CC(Cl)=C(Cl)Cl)C1. The van der Waals surface area contributed by atoms with Crippen LogP contribution in [0.4, 0.5) is 0 Å². The lowest BCUT2D eigenvalue weighted by Crippen LogP contribution is -2.24. The van der Waals surface area contributed by atoms with Crippen LogP contribution in [0.15, 0.2) is 9.52 Å². The first-order valence-electron chi connectivity index (χ1n) is 4.41. The van der Waals surface area contributed by atoms with Gasteiger partial charge in [0.25, 0.3) is 0 Å². The molecule has 0 aliphatic carbocycles. The third-order valence-corrected chi connectivity index (χ3v) is 3.23. The van der Waals surface area contributed by atoms with Gasteiger partial charge in [0, 0.05) is 13.0 Å². The molecule has 1 aliphatic heterocycles. The maximum Gasteiger partial charge on any atom is 0.121 e. The molecule has 0 radical (unpaired) electrons. The Balaban J connectivity index is 2.40. The number of ether oxygens (including phenoxy) is 1. The molecule has 2 unspecified atom stereocenters. The third kappa shape index (κ3) is 4.07. The van der Waals surface area contributed by atoms with Crippen LogP contribution in [0.25, 0.3) is 0 Å². The Morgan fingerprint density at radius 3 is 2.62 bits per heavy atom. The van der Waals surface area contributed by atoms with Crippen LogP contribution in [0.5, 0.6) is 0 Å². The van der Waals surface area contributed by atoms with Crippen molar-refractivity contribution < 1.29 is 4.74 Å². The van der Waals surface area contributed by atoms with Crippen LogP contribution in [0.2, 0.25) is 0 Å². The molecule has 1 rings (SSSR count). The van der Waals surface area contributed by atoms with Crippen molar-refractivity contribution in [2.24, 2.45) is 5.92 Å². The Bertz CT molecular complexity index is 199. The van der Waals surface area contributed by atoms with Gasteiger partial charge < -0.3 is 4.74 Å². The summed E-state index contributed by atoms with van der Waals surface area (Å²) in [4.78, 5) is 0. The molecule has 2 atom stereocenters. The molecule has 0 aromatic carbocycles. The van der Waals surface area contributed by atoms with Crippen molar-refractivity contribution >= 4 is 34.8 Å². The van der Waals surface area contributed by atoms with Crippen LogP contribution in [0.1, 0.15) is 26.2 Å². The first-order valence-corrected chi connectivity index (χ1v) is 5.54. The quantitative estimate of drug-likeness (QED) is 0.710. The van der Waals surface area contributed by atoms with E-state index in [1.807, 2.05) is 0 Å². The molecule has 1 fully saturated rings. The summed E-state index contributed by atoms with van der Waals surface area (Å²) in [6.07, 6.45) is 2.99. The summed E-state index contributed by atoms with van der Waals surface area (Å²) in [6, 6.07) is 0. The van der Waals surface area contributed by atoms with Gasteiger partial charge in [-0.3, -0.25) is 0 Å². The number of hydrogen-bond donors (Lipinski definition) is 0. The van der Waals surface area contributed by atoms with E-state index in [1.165, 1.54) is 0 Å². The van der Waals surface area contributed by atoms with E-state index >= 15 is 0 Å². The Labute approximate surface area is 94.0 Å². The van der Waals surface area contributed by atoms with Gasteiger partial charge >= 0.3 is 0 Å². The van der Waals surface area contributed by atoms with Crippen LogP contribution in [-0.2, 0) is 4.74 Å². The highest BCUT2D eigenvalue weighted by Crippen LogP contribution is 2.28. The molecule has 1 heterocycles. The van der Waals surface area contributed by atoms with E-state index in [9.17, 15) is 0 Å². The average Bonchev–Trinajstić information content (AvgIpc) is 2.04. The Morgan fingerprint density at radius 2 is 2.08 bits per heavy atom. The van der Waals surface area contributed by atoms with Crippen LogP contribution in [0.3, 0.4) is 0 Å². The second-order valence-electron chi connectivity index (χ2n) is 3.49. The van der Waals surface area contributed by atoms with Crippen molar-refractivity contribution in [3.05, 3.63) is 9.52 Å². The fourth-order valence-electron chi connectivity index (χ4n) is 1.49. The summed E-state index contributed by atoms with van der Waals surface area (Å²) < 4.78 is 5.69. The first kappa shape index (κ1) is 11.6. The fraction of sp³-hybridized carbons (Fsp3) is 0.778. The summed E-state index contributed by atoms with van der Waals surface area (Å²) in [6.45, 7) is 3.03. The number of halogens is 3. The van der Waals surface area contributed by atoms with E-state index in [4.69, 9.17) is 39.5 Å². The highest BCUT2D eigenvalue weighted by Gasteiger charge is 2.20. The molecular weight excluding hydrogens is 230 g/mol. The van der Waals surface area contributed by atoms with E-state index in [1.54, 1.807) is 0 Å². The van der Waals surface area contributed by atoms with Crippen LogP contribution < -0.4 is 0 Å². The van der Waals surface area contributed by atoms with Gasteiger partial charge in [-0.15, -0.1) is 0 Å². The van der Waals surface area contributed by atoms with Gasteiger partial charge in [-0.2, -0.15) is 0 Å². The van der Waals surface area contributed by atoms with Crippen molar-refractivity contribution in [1.29, 1.82) is 0 Å². The molecule has 0 amide bonds. The smallest absolute Gasteiger partial charge is 0.121 e. The van der Waals surface area contributed by atoms with Gasteiger partial charge in [-0.05, 0) is 18.8 Å². The summed E-state index contributed by atoms with van der Waals surface area (Å²) in [7, 11) is 0. The summed E-state index contributed by atoms with van der Waals surface area (Å²) >= 11 is 16.9. The zero-order valence-electron chi connectivity index (χ0n) is 7.53. The first-order chi connectivity index (χ1) is 6.09. The standard InChI is InChI=1S/C9H13Cl3O/c1-6-2-3-13-7(4-6)5-8(10)9(11)12/h6-7H,2-5H2,1H3. The monoisotopic (exact) mass is 242 g/mol. The second-order valence-corrected chi connectivity index (χ2v) is 4.90. The Hall–Kier alpha value is 0.570. The van der Waals surface area contributed by atoms with Gasteiger partial charge in [0.1, 0.15) is 4.49 Å². The van der Waals surface area contributed by atoms with Crippen molar-refractivity contribution in [1.82, 2.24) is 0 Å². The summed E-state index contributed by atoms with van der Waals surface area (Å²) in [5.74, 6) is 0.706. The van der Waals surface area contributed by atoms with Crippen molar-refractivity contribution in [3.8, 4) is 0 Å². The largest absolute Gasteiger partial charge is 0.378 e. The molecule has 4 heteroatoms. The molecular formula is C9H13Cl3O. The molecule has 1 aliphatic rings. The molecule has 0 N–H and O–H groups in total. The normalized spacial score (nSPS) is 28.6. The fourth-order valence-corrected chi connectivity index (χ4v) is 1.82. The highest BCUT2D eigenvalue weighted by atomic mass is 35.5. The van der Waals surface area contributed by atoms with Crippen LogP contribution >= 0.6 is 34.8 Å². The van der Waals surface area contributed by atoms with Crippen molar-refractivity contribution in [2.75, 3.05) is 6.61 Å². The van der Waals surface area contributed by atoms with Gasteiger partial charge in [-0.25, -0.2) is 0 Å². The lowest BCUT2D eigenvalue weighted by Gasteiger charge is -2.27. The Kier molecular flexibility index (Phi) is 4.88. The molecule has 0 saturated carbocycles. The van der Waals surface area contributed by atoms with Gasteiger partial charge in [0.05, 0.1) is 11.1 Å². The lowest BCUT2D eigenvalue weighted by molar-refractivity contribution is -0.00317. The highest BCUT2D eigenvalue weighted by molar-refractivity contribution is 6.59. The topological polar surface area (TPSA) is 9.23 Å². The minimum Gasteiger partial charge on any atom is -0.378 e. The minimum absolute atomic E-state index is 0.156. The zero-order valence-corrected chi connectivity index (χ0v) is 9.79. The minimum atomic E-state index is 0.156. The summed E-state index contributed by atoms with van der Waals surface area (Å²) in [5, 5.41) is 0.502. The van der Waals surface area contributed by atoms with Crippen LogP contribution in [-0.4, -0.2) is 12.7 Å². The van der Waals surface area contributed by atoms with Gasteiger partial charge in [-0.1, -0.05) is 41.7 Å². The molecule has 1 nitrogen and oxygen atoms in total. The predicted molar refractivity (Wildman–Crippen MR) is 57.3 cm³/mol. The molecule has 0 aromatic rings. The molecule has 1 saturated heterocycles.